The number of thioether (sulfide) groups is 1. The number of nitrogens with one attached hydrogen (secondary N) is 2. The molecular formula is C11H20N2O3S. The molecule has 1 aliphatic heterocycles. The van der Waals surface area contributed by atoms with Gasteiger partial charge in [0.15, 0.2) is 0 Å². The highest BCUT2D eigenvalue weighted by atomic mass is 32.2. The number of rotatable bonds is 3. The summed E-state index contributed by atoms with van der Waals surface area (Å²) in [4.78, 5) is 23.0. The molecule has 0 aromatic rings. The van der Waals surface area contributed by atoms with Gasteiger partial charge >= 0.3 is 5.97 Å². The molecule has 98 valence electrons. The van der Waals surface area contributed by atoms with E-state index in [0.717, 1.165) is 12.3 Å². The average molecular weight is 260 g/mol. The second-order valence-electron chi connectivity index (χ2n) is 5.23. The van der Waals surface area contributed by atoms with E-state index in [4.69, 9.17) is 5.11 Å². The number of carbonyl (C=O) groups excluding carboxylic acids is 1. The summed E-state index contributed by atoms with van der Waals surface area (Å²) < 4.78 is 0. The van der Waals surface area contributed by atoms with Crippen molar-refractivity contribution in [2.75, 3.05) is 18.1 Å². The van der Waals surface area contributed by atoms with Crippen LogP contribution < -0.4 is 10.6 Å². The van der Waals surface area contributed by atoms with Gasteiger partial charge in [-0.15, -0.1) is 0 Å². The predicted octanol–water partition coefficient (Wildman–Crippen LogP) is 0.307. The molecule has 1 amide bonds. The van der Waals surface area contributed by atoms with Crippen LogP contribution in [-0.4, -0.2) is 47.1 Å². The van der Waals surface area contributed by atoms with E-state index < -0.39 is 17.4 Å². The minimum absolute atomic E-state index is 0.223. The van der Waals surface area contributed by atoms with E-state index in [0.29, 0.717) is 5.75 Å². The van der Waals surface area contributed by atoms with Crippen LogP contribution in [0.25, 0.3) is 0 Å². The number of hydrogen-bond donors (Lipinski definition) is 3. The molecule has 1 rings (SSSR count). The first-order valence-corrected chi connectivity index (χ1v) is 6.82. The standard InChI is InChI=1S/C11H20N2O3S/c1-11(2,3)8(10(15)16)13-9(14)7-6-17-5-4-12-7/h7-8,12H,4-6H2,1-3H3,(H,13,14)(H,15,16). The van der Waals surface area contributed by atoms with Crippen molar-refractivity contribution in [2.24, 2.45) is 5.41 Å². The third-order valence-corrected chi connectivity index (χ3v) is 3.70. The monoisotopic (exact) mass is 260 g/mol. The van der Waals surface area contributed by atoms with Crippen molar-refractivity contribution in [3.8, 4) is 0 Å². The van der Waals surface area contributed by atoms with Gasteiger partial charge in [-0.2, -0.15) is 11.8 Å². The summed E-state index contributed by atoms with van der Waals surface area (Å²) in [6.07, 6.45) is 0. The third-order valence-electron chi connectivity index (χ3n) is 2.64. The summed E-state index contributed by atoms with van der Waals surface area (Å²) in [5.41, 5.74) is -0.497. The molecule has 1 heterocycles. The van der Waals surface area contributed by atoms with Crippen molar-refractivity contribution in [3.63, 3.8) is 0 Å². The Hall–Kier alpha value is -0.750. The van der Waals surface area contributed by atoms with E-state index in [1.54, 1.807) is 32.5 Å². The first-order chi connectivity index (χ1) is 7.82. The molecule has 0 radical (unpaired) electrons. The largest absolute Gasteiger partial charge is 0.480 e. The number of carboxylic acids is 1. The molecule has 3 N–H and O–H groups in total. The van der Waals surface area contributed by atoms with Gasteiger partial charge in [0.25, 0.3) is 0 Å². The quantitative estimate of drug-likeness (QED) is 0.680. The van der Waals surface area contributed by atoms with Gasteiger partial charge in [-0.1, -0.05) is 20.8 Å². The fraction of sp³-hybridized carbons (Fsp3) is 0.818. The van der Waals surface area contributed by atoms with Crippen LogP contribution in [0, 0.1) is 5.41 Å². The van der Waals surface area contributed by atoms with Crippen molar-refractivity contribution in [2.45, 2.75) is 32.9 Å². The Morgan fingerprint density at radius 2 is 2.12 bits per heavy atom. The molecule has 17 heavy (non-hydrogen) atoms. The number of aliphatic carboxylic acids is 1. The van der Waals surface area contributed by atoms with Gasteiger partial charge in [0.2, 0.25) is 5.91 Å². The highest BCUT2D eigenvalue weighted by Gasteiger charge is 2.34. The Kier molecular flexibility index (Phi) is 4.82. The lowest BCUT2D eigenvalue weighted by Gasteiger charge is -2.30. The van der Waals surface area contributed by atoms with Gasteiger partial charge in [-0.25, -0.2) is 4.79 Å². The highest BCUT2D eigenvalue weighted by Crippen LogP contribution is 2.20. The Bertz CT molecular complexity index is 296. The van der Waals surface area contributed by atoms with Gasteiger partial charge in [-0.3, -0.25) is 4.79 Å². The highest BCUT2D eigenvalue weighted by molar-refractivity contribution is 7.99. The molecule has 0 aliphatic carbocycles. The smallest absolute Gasteiger partial charge is 0.326 e. The SMILES string of the molecule is CC(C)(C)C(NC(=O)C1CSCCN1)C(=O)O. The molecule has 2 atom stereocenters. The first-order valence-electron chi connectivity index (χ1n) is 5.66. The average Bonchev–Trinajstić information content (AvgIpc) is 2.24. The minimum atomic E-state index is -0.991. The lowest BCUT2D eigenvalue weighted by atomic mass is 9.86. The fourth-order valence-electron chi connectivity index (χ4n) is 1.63. The van der Waals surface area contributed by atoms with Crippen LogP contribution in [0.1, 0.15) is 20.8 Å². The molecule has 2 unspecified atom stereocenters. The molecule has 0 spiro atoms. The van der Waals surface area contributed by atoms with Crippen LogP contribution in [0.2, 0.25) is 0 Å². The zero-order chi connectivity index (χ0) is 13.1. The summed E-state index contributed by atoms with van der Waals surface area (Å²) in [7, 11) is 0. The number of carbonyl (C=O) groups is 2. The maximum atomic E-state index is 11.9. The maximum Gasteiger partial charge on any atom is 0.326 e. The normalized spacial score (nSPS) is 22.9. The molecule has 1 aliphatic rings. The summed E-state index contributed by atoms with van der Waals surface area (Å²) in [5, 5.41) is 14.8. The molecule has 1 fully saturated rings. The van der Waals surface area contributed by atoms with Crippen molar-refractivity contribution in [1.29, 1.82) is 0 Å². The lowest BCUT2D eigenvalue weighted by Crippen LogP contribution is -2.56. The van der Waals surface area contributed by atoms with Gasteiger partial charge < -0.3 is 15.7 Å². The first kappa shape index (κ1) is 14.3. The van der Waals surface area contributed by atoms with Crippen molar-refractivity contribution < 1.29 is 14.7 Å². The number of amides is 1. The molecule has 0 saturated carbocycles. The van der Waals surface area contributed by atoms with Crippen LogP contribution in [-0.2, 0) is 9.59 Å². The van der Waals surface area contributed by atoms with E-state index in [1.165, 1.54) is 0 Å². The fourth-order valence-corrected chi connectivity index (χ4v) is 2.56. The van der Waals surface area contributed by atoms with Crippen molar-refractivity contribution in [1.82, 2.24) is 10.6 Å². The molecule has 5 nitrogen and oxygen atoms in total. The van der Waals surface area contributed by atoms with E-state index in [-0.39, 0.29) is 11.9 Å². The van der Waals surface area contributed by atoms with Crippen LogP contribution in [0.4, 0.5) is 0 Å². The van der Waals surface area contributed by atoms with Crippen LogP contribution in [0.15, 0.2) is 0 Å². The van der Waals surface area contributed by atoms with E-state index in [9.17, 15) is 9.59 Å². The Morgan fingerprint density at radius 3 is 2.53 bits per heavy atom. The zero-order valence-corrected chi connectivity index (χ0v) is 11.3. The van der Waals surface area contributed by atoms with Gasteiger partial charge in [-0.05, 0) is 5.41 Å². The number of hydrogen-bond acceptors (Lipinski definition) is 4. The van der Waals surface area contributed by atoms with Crippen LogP contribution in [0.5, 0.6) is 0 Å². The second kappa shape index (κ2) is 5.73. The molecule has 1 saturated heterocycles. The lowest BCUT2D eigenvalue weighted by molar-refractivity contribution is -0.145. The van der Waals surface area contributed by atoms with Gasteiger partial charge in [0.05, 0.1) is 6.04 Å². The minimum Gasteiger partial charge on any atom is -0.480 e. The second-order valence-corrected chi connectivity index (χ2v) is 6.38. The molecule has 0 aromatic carbocycles. The molecule has 0 bridgehead atoms. The summed E-state index contributed by atoms with van der Waals surface area (Å²) in [6.45, 7) is 6.19. The predicted molar refractivity (Wildman–Crippen MR) is 68.1 cm³/mol. The Balaban J connectivity index is 2.60. The van der Waals surface area contributed by atoms with Crippen molar-refractivity contribution in [3.05, 3.63) is 0 Å². The maximum absolute atomic E-state index is 11.9. The van der Waals surface area contributed by atoms with E-state index in [2.05, 4.69) is 10.6 Å². The molecule has 0 aromatic heterocycles. The van der Waals surface area contributed by atoms with Gasteiger partial charge in [0, 0.05) is 18.1 Å². The van der Waals surface area contributed by atoms with E-state index in [1.807, 2.05) is 0 Å². The molecule has 6 heteroatoms. The summed E-state index contributed by atoms with van der Waals surface area (Å²) in [6, 6.07) is -1.14. The topological polar surface area (TPSA) is 78.4 Å². The summed E-state index contributed by atoms with van der Waals surface area (Å²) >= 11 is 1.70. The number of carboxylic acid groups (broad SMARTS) is 1. The van der Waals surface area contributed by atoms with Crippen LogP contribution >= 0.6 is 11.8 Å². The van der Waals surface area contributed by atoms with Crippen molar-refractivity contribution >= 4 is 23.6 Å². The molecular weight excluding hydrogens is 240 g/mol. The van der Waals surface area contributed by atoms with E-state index >= 15 is 0 Å². The Labute approximate surface area is 106 Å². The summed E-state index contributed by atoms with van der Waals surface area (Å²) in [5.74, 6) is 0.474. The van der Waals surface area contributed by atoms with Gasteiger partial charge in [0.1, 0.15) is 6.04 Å². The Morgan fingerprint density at radius 1 is 1.47 bits per heavy atom. The third kappa shape index (κ3) is 4.20. The van der Waals surface area contributed by atoms with Crippen LogP contribution in [0.3, 0.4) is 0 Å². The zero-order valence-electron chi connectivity index (χ0n) is 10.4.